The van der Waals surface area contributed by atoms with E-state index in [2.05, 4.69) is 56.4 Å². The molecule has 1 N–H and O–H groups in total. The van der Waals surface area contributed by atoms with Gasteiger partial charge < -0.3 is 5.32 Å². The van der Waals surface area contributed by atoms with Gasteiger partial charge in [0, 0.05) is 0 Å². The minimum absolute atomic E-state index is 0.709. The highest BCUT2D eigenvalue weighted by molar-refractivity contribution is 5.18. The minimum atomic E-state index is 0.709. The standard InChI is InChI=1S/C10H14.C3H9N/c1-3-9(2)10-7-5-4-6-8-10;1-3-4-2/h4-9H,3H2,1-2H3;4H,3H2,1-2H3. The third-order valence-electron chi connectivity index (χ3n) is 2.33. The van der Waals surface area contributed by atoms with Crippen LogP contribution in [0.5, 0.6) is 0 Å². The van der Waals surface area contributed by atoms with Gasteiger partial charge in [-0.15, -0.1) is 0 Å². The molecule has 1 heteroatoms. The maximum Gasteiger partial charge on any atom is -0.00804 e. The van der Waals surface area contributed by atoms with Gasteiger partial charge in [-0.25, -0.2) is 0 Å². The normalized spacial score (nSPS) is 11.4. The molecule has 0 saturated carbocycles. The van der Waals surface area contributed by atoms with Crippen molar-refractivity contribution in [3.63, 3.8) is 0 Å². The monoisotopic (exact) mass is 193 g/mol. The van der Waals surface area contributed by atoms with E-state index < -0.39 is 0 Å². The zero-order valence-electron chi connectivity index (χ0n) is 9.88. The molecule has 0 aliphatic rings. The molecule has 80 valence electrons. The molecule has 1 aromatic carbocycles. The topological polar surface area (TPSA) is 12.0 Å². The fourth-order valence-electron chi connectivity index (χ4n) is 1.02. The Morgan fingerprint density at radius 2 is 1.64 bits per heavy atom. The van der Waals surface area contributed by atoms with E-state index in [9.17, 15) is 0 Å². The minimum Gasteiger partial charge on any atom is -0.320 e. The number of benzene rings is 1. The van der Waals surface area contributed by atoms with Crippen molar-refractivity contribution in [1.29, 1.82) is 0 Å². The van der Waals surface area contributed by atoms with Crippen molar-refractivity contribution in [2.24, 2.45) is 0 Å². The summed E-state index contributed by atoms with van der Waals surface area (Å²) < 4.78 is 0. The van der Waals surface area contributed by atoms with Gasteiger partial charge in [0.2, 0.25) is 0 Å². The van der Waals surface area contributed by atoms with Gasteiger partial charge in [0.25, 0.3) is 0 Å². The lowest BCUT2D eigenvalue weighted by Crippen LogP contribution is -2.01. The molecular weight excluding hydrogens is 170 g/mol. The highest BCUT2D eigenvalue weighted by atomic mass is 14.8. The summed E-state index contributed by atoms with van der Waals surface area (Å²) >= 11 is 0. The van der Waals surface area contributed by atoms with Crippen LogP contribution in [0.25, 0.3) is 0 Å². The Morgan fingerprint density at radius 3 is 2.00 bits per heavy atom. The molecule has 0 radical (unpaired) electrons. The lowest BCUT2D eigenvalue weighted by molar-refractivity contribution is 0.733. The van der Waals surface area contributed by atoms with Gasteiger partial charge >= 0.3 is 0 Å². The summed E-state index contributed by atoms with van der Waals surface area (Å²) in [4.78, 5) is 0. The smallest absolute Gasteiger partial charge is 0.00804 e. The molecule has 1 rings (SSSR count). The zero-order chi connectivity index (χ0) is 10.8. The summed E-state index contributed by atoms with van der Waals surface area (Å²) in [6, 6.07) is 10.6. The molecular formula is C13H23N. The van der Waals surface area contributed by atoms with Crippen LogP contribution >= 0.6 is 0 Å². The molecule has 0 saturated heterocycles. The van der Waals surface area contributed by atoms with E-state index in [1.54, 1.807) is 0 Å². The van der Waals surface area contributed by atoms with Crippen LogP contribution < -0.4 is 5.32 Å². The molecule has 0 aliphatic heterocycles. The van der Waals surface area contributed by atoms with Crippen LogP contribution in [0, 0.1) is 0 Å². The average molecular weight is 193 g/mol. The van der Waals surface area contributed by atoms with Crippen LogP contribution in [0.15, 0.2) is 30.3 Å². The molecule has 0 spiro atoms. The predicted molar refractivity (Wildman–Crippen MR) is 64.7 cm³/mol. The van der Waals surface area contributed by atoms with Crippen LogP contribution in [0.3, 0.4) is 0 Å². The van der Waals surface area contributed by atoms with Crippen LogP contribution in [0.1, 0.15) is 38.7 Å². The maximum atomic E-state index is 2.93. The molecule has 0 aliphatic carbocycles. The van der Waals surface area contributed by atoms with E-state index in [0.29, 0.717) is 5.92 Å². The fraction of sp³-hybridized carbons (Fsp3) is 0.538. The summed E-state index contributed by atoms with van der Waals surface area (Å²) in [5, 5.41) is 2.93. The number of rotatable bonds is 3. The first-order valence-corrected chi connectivity index (χ1v) is 5.45. The molecule has 0 heterocycles. The maximum absolute atomic E-state index is 2.93. The van der Waals surface area contributed by atoms with Gasteiger partial charge in [0.05, 0.1) is 0 Å². The fourth-order valence-corrected chi connectivity index (χ4v) is 1.02. The van der Waals surface area contributed by atoms with Crippen LogP contribution in [0.4, 0.5) is 0 Å². The molecule has 1 nitrogen and oxygen atoms in total. The second-order valence-electron chi connectivity index (χ2n) is 3.43. The van der Waals surface area contributed by atoms with Crippen molar-refractivity contribution in [2.75, 3.05) is 13.6 Å². The van der Waals surface area contributed by atoms with E-state index in [1.807, 2.05) is 7.05 Å². The largest absolute Gasteiger partial charge is 0.320 e. The van der Waals surface area contributed by atoms with Crippen LogP contribution in [-0.2, 0) is 0 Å². The molecule has 0 bridgehead atoms. The van der Waals surface area contributed by atoms with Crippen LogP contribution in [0.2, 0.25) is 0 Å². The Kier molecular flexibility index (Phi) is 8.25. The van der Waals surface area contributed by atoms with Gasteiger partial charge in [-0.1, -0.05) is 51.1 Å². The predicted octanol–water partition coefficient (Wildman–Crippen LogP) is 3.43. The molecule has 1 unspecified atom stereocenters. The summed E-state index contributed by atoms with van der Waals surface area (Å²) in [6.45, 7) is 7.62. The second kappa shape index (κ2) is 8.76. The Morgan fingerprint density at radius 1 is 1.14 bits per heavy atom. The Labute approximate surface area is 88.5 Å². The highest BCUT2D eigenvalue weighted by Gasteiger charge is 1.98. The lowest BCUT2D eigenvalue weighted by atomic mass is 9.99. The van der Waals surface area contributed by atoms with Crippen molar-refractivity contribution < 1.29 is 0 Å². The van der Waals surface area contributed by atoms with Gasteiger partial charge in [0.15, 0.2) is 0 Å². The third-order valence-corrected chi connectivity index (χ3v) is 2.33. The molecule has 0 aromatic heterocycles. The summed E-state index contributed by atoms with van der Waals surface area (Å²) in [6.07, 6.45) is 1.23. The van der Waals surface area contributed by atoms with E-state index in [-0.39, 0.29) is 0 Å². The number of hydrogen-bond donors (Lipinski definition) is 1. The number of nitrogens with one attached hydrogen (secondary N) is 1. The summed E-state index contributed by atoms with van der Waals surface area (Å²) in [7, 11) is 1.93. The first-order chi connectivity index (χ1) is 6.76. The van der Waals surface area contributed by atoms with E-state index in [4.69, 9.17) is 0 Å². The van der Waals surface area contributed by atoms with Crippen molar-refractivity contribution >= 4 is 0 Å². The quantitative estimate of drug-likeness (QED) is 0.775. The SMILES string of the molecule is CCC(C)c1ccccc1.CCNC. The Hall–Kier alpha value is -0.820. The van der Waals surface area contributed by atoms with Crippen molar-refractivity contribution in [1.82, 2.24) is 5.32 Å². The van der Waals surface area contributed by atoms with E-state index >= 15 is 0 Å². The third kappa shape index (κ3) is 5.76. The Balaban J connectivity index is 0.000000364. The first-order valence-electron chi connectivity index (χ1n) is 5.45. The molecule has 0 fully saturated rings. The molecule has 1 aromatic rings. The molecule has 14 heavy (non-hydrogen) atoms. The van der Waals surface area contributed by atoms with Gasteiger partial charge in [-0.3, -0.25) is 0 Å². The lowest BCUT2D eigenvalue weighted by Gasteiger charge is -2.06. The average Bonchev–Trinajstić information content (AvgIpc) is 2.29. The van der Waals surface area contributed by atoms with Crippen molar-refractivity contribution in [3.8, 4) is 0 Å². The van der Waals surface area contributed by atoms with Gasteiger partial charge in [-0.05, 0) is 31.5 Å². The molecule has 1 atom stereocenters. The van der Waals surface area contributed by atoms with Crippen LogP contribution in [-0.4, -0.2) is 13.6 Å². The van der Waals surface area contributed by atoms with E-state index in [0.717, 1.165) is 6.54 Å². The summed E-state index contributed by atoms with van der Waals surface area (Å²) in [5.41, 5.74) is 1.45. The zero-order valence-corrected chi connectivity index (χ0v) is 9.88. The first kappa shape index (κ1) is 13.2. The van der Waals surface area contributed by atoms with Crippen molar-refractivity contribution in [2.45, 2.75) is 33.1 Å². The van der Waals surface area contributed by atoms with Crippen molar-refractivity contribution in [3.05, 3.63) is 35.9 Å². The highest BCUT2D eigenvalue weighted by Crippen LogP contribution is 2.16. The van der Waals surface area contributed by atoms with Gasteiger partial charge in [-0.2, -0.15) is 0 Å². The van der Waals surface area contributed by atoms with E-state index in [1.165, 1.54) is 12.0 Å². The summed E-state index contributed by atoms with van der Waals surface area (Å²) in [5.74, 6) is 0.709. The Bertz CT molecular complexity index is 204. The number of hydrogen-bond acceptors (Lipinski definition) is 1. The second-order valence-corrected chi connectivity index (χ2v) is 3.43. The van der Waals surface area contributed by atoms with Gasteiger partial charge in [0.1, 0.15) is 0 Å². The molecule has 0 amide bonds.